The fraction of sp³-hybridized carbons (Fsp3) is 0.158. The van der Waals surface area contributed by atoms with E-state index >= 15 is 0 Å². The molecule has 1 nitrogen and oxygen atoms in total. The fourth-order valence-electron chi connectivity index (χ4n) is 1.99. The molecule has 1 aromatic carbocycles. The van der Waals surface area contributed by atoms with Gasteiger partial charge < -0.3 is 5.11 Å². The first-order valence-corrected chi connectivity index (χ1v) is 7.93. The molecule has 114 valence electrons. The van der Waals surface area contributed by atoms with Gasteiger partial charge in [0.1, 0.15) is 0 Å². The predicted molar refractivity (Wildman–Crippen MR) is 90.4 cm³/mol. The first kappa shape index (κ1) is 20.1. The van der Waals surface area contributed by atoms with E-state index in [1.807, 2.05) is 70.1 Å². The van der Waals surface area contributed by atoms with E-state index in [1.54, 1.807) is 11.8 Å². The van der Waals surface area contributed by atoms with Crippen LogP contribution in [0.3, 0.4) is 0 Å². The Kier molecular flexibility index (Phi) is 10.6. The van der Waals surface area contributed by atoms with Gasteiger partial charge in [-0.3, -0.25) is 0 Å². The van der Waals surface area contributed by atoms with Gasteiger partial charge in [-0.05, 0) is 70.3 Å². The summed E-state index contributed by atoms with van der Waals surface area (Å²) in [5, 5.41) is 11.1. The van der Waals surface area contributed by atoms with E-state index in [9.17, 15) is 5.11 Å². The summed E-state index contributed by atoms with van der Waals surface area (Å²) >= 11 is 1.71. The summed E-state index contributed by atoms with van der Waals surface area (Å²) in [6.45, 7) is 1.84. The van der Waals surface area contributed by atoms with Crippen molar-refractivity contribution in [3.05, 3.63) is 98.9 Å². The van der Waals surface area contributed by atoms with Crippen molar-refractivity contribution in [3.63, 3.8) is 0 Å². The van der Waals surface area contributed by atoms with E-state index in [0.717, 1.165) is 0 Å². The molecule has 2 fully saturated rings. The number of aliphatic hydroxyl groups excluding tert-OH is 1. The summed E-state index contributed by atoms with van der Waals surface area (Å²) in [6.07, 6.45) is 17.8. The maximum absolute atomic E-state index is 9.84. The van der Waals surface area contributed by atoms with E-state index in [2.05, 4.69) is 25.0 Å². The van der Waals surface area contributed by atoms with Gasteiger partial charge in [0.2, 0.25) is 0 Å². The van der Waals surface area contributed by atoms with Crippen molar-refractivity contribution in [2.75, 3.05) is 0 Å². The number of thioether (sulfide) groups is 1. The molecule has 0 aliphatic heterocycles. The van der Waals surface area contributed by atoms with Gasteiger partial charge in [0.15, 0.2) is 0 Å². The van der Waals surface area contributed by atoms with E-state index in [-0.39, 0.29) is 28.4 Å². The smallest absolute Gasteiger partial charge is 0.392 e. The molecule has 1 aromatic rings. The van der Waals surface area contributed by atoms with Crippen LogP contribution in [0.15, 0.2) is 30.3 Å². The van der Waals surface area contributed by atoms with Crippen molar-refractivity contribution in [2.45, 2.75) is 18.3 Å². The zero-order valence-corrected chi connectivity index (χ0v) is 14.4. The van der Waals surface area contributed by atoms with Gasteiger partial charge in [0.05, 0.1) is 11.4 Å². The van der Waals surface area contributed by atoms with E-state index in [1.165, 1.54) is 10.8 Å². The van der Waals surface area contributed by atoms with Crippen molar-refractivity contribution < 1.29 is 22.2 Å². The minimum Gasteiger partial charge on any atom is -0.392 e. The summed E-state index contributed by atoms with van der Waals surface area (Å²) in [7, 11) is 0. The van der Waals surface area contributed by atoms with Gasteiger partial charge in [0, 0.05) is 5.25 Å². The molecule has 1 N–H and O–H groups in total. The van der Waals surface area contributed by atoms with Gasteiger partial charge in [-0.1, -0.05) is 30.3 Å². The molecule has 0 heterocycles. The van der Waals surface area contributed by atoms with Crippen LogP contribution in [-0.2, 0) is 17.1 Å². The normalized spacial score (nSPS) is 20.6. The monoisotopic (exact) mass is 352 g/mol. The van der Waals surface area contributed by atoms with Crippen LogP contribution in [0.1, 0.15) is 17.7 Å². The molecule has 3 rings (SSSR count). The molecule has 2 atom stereocenters. The summed E-state index contributed by atoms with van der Waals surface area (Å²) in [4.78, 5) is 0. The van der Waals surface area contributed by atoms with Crippen LogP contribution in [0.25, 0.3) is 0 Å². The molecule has 22 heavy (non-hydrogen) atoms. The van der Waals surface area contributed by atoms with Crippen LogP contribution >= 0.6 is 11.8 Å². The standard InChI is InChI=1S/C14H15OS.C5H5.Fe/c1-11(15)14(12-7-3-2-4-8-12)16-13-9-5-6-10-13;1-2-4-5-3-1;/h2-11,14-15H,1H3;1-5H;/q;;+2/t11-,14-;;/m1../s1. The van der Waals surface area contributed by atoms with Crippen molar-refractivity contribution in [2.24, 2.45) is 0 Å². The Morgan fingerprint density at radius 3 is 1.77 bits per heavy atom. The number of benzene rings is 1. The maximum Gasteiger partial charge on any atom is 2.00 e. The summed E-state index contributed by atoms with van der Waals surface area (Å²) in [5.74, 6) is 0. The Morgan fingerprint density at radius 1 is 0.818 bits per heavy atom. The number of hydrogen-bond acceptors (Lipinski definition) is 2. The topological polar surface area (TPSA) is 20.2 Å². The number of hydrogen-bond donors (Lipinski definition) is 1. The Hall–Kier alpha value is 0.0495. The largest absolute Gasteiger partial charge is 2.00 e. The van der Waals surface area contributed by atoms with Crippen molar-refractivity contribution >= 4 is 11.8 Å². The molecular weight excluding hydrogens is 332 g/mol. The molecular formula is C19H20FeOS+2. The predicted octanol–water partition coefficient (Wildman–Crippen LogP) is 4.22. The minimum atomic E-state index is -0.359. The Labute approximate surface area is 151 Å². The summed E-state index contributed by atoms with van der Waals surface area (Å²) < 4.78 is 0. The fourth-order valence-corrected chi connectivity index (χ4v) is 3.09. The second-order valence-electron chi connectivity index (χ2n) is 4.77. The first-order chi connectivity index (χ1) is 10.3. The third kappa shape index (κ3) is 7.08. The molecule has 0 amide bonds. The molecule has 0 saturated heterocycles. The third-order valence-corrected chi connectivity index (χ3v) is 4.48. The molecule has 0 spiro atoms. The van der Waals surface area contributed by atoms with E-state index in [0.29, 0.717) is 0 Å². The third-order valence-electron chi connectivity index (χ3n) is 3.02. The van der Waals surface area contributed by atoms with Gasteiger partial charge in [0.25, 0.3) is 0 Å². The SMILES string of the molecule is C[C@@H](O)[C@@H](S[C]1[CH][CH][CH][CH]1)c1ccccc1.[CH]1[CH][CH][CH][CH]1.[Fe+2]. The van der Waals surface area contributed by atoms with Gasteiger partial charge in [-0.25, -0.2) is 0 Å². The average molecular weight is 352 g/mol. The molecule has 2 aliphatic rings. The zero-order valence-electron chi connectivity index (χ0n) is 12.4. The average Bonchev–Trinajstić information content (AvgIpc) is 3.21. The molecule has 2 aliphatic carbocycles. The van der Waals surface area contributed by atoms with Crippen LogP contribution in [0.2, 0.25) is 0 Å². The van der Waals surface area contributed by atoms with Crippen molar-refractivity contribution in [1.29, 1.82) is 0 Å². The maximum atomic E-state index is 9.84. The molecule has 2 saturated carbocycles. The zero-order chi connectivity index (χ0) is 14.9. The van der Waals surface area contributed by atoms with Crippen LogP contribution in [0.4, 0.5) is 0 Å². The quantitative estimate of drug-likeness (QED) is 0.819. The molecule has 3 heteroatoms. The van der Waals surface area contributed by atoms with Crippen molar-refractivity contribution in [1.82, 2.24) is 0 Å². The number of rotatable bonds is 4. The van der Waals surface area contributed by atoms with E-state index in [4.69, 9.17) is 0 Å². The second kappa shape index (κ2) is 11.6. The summed E-state index contributed by atoms with van der Waals surface area (Å²) in [5.41, 5.74) is 1.17. The van der Waals surface area contributed by atoms with Crippen molar-refractivity contribution in [3.8, 4) is 0 Å². The van der Waals surface area contributed by atoms with E-state index < -0.39 is 0 Å². The molecule has 0 unspecified atom stereocenters. The van der Waals surface area contributed by atoms with Gasteiger partial charge >= 0.3 is 17.1 Å². The van der Waals surface area contributed by atoms with Gasteiger partial charge in [-0.2, -0.15) is 0 Å². The number of aliphatic hydroxyl groups is 1. The minimum absolute atomic E-state index is 0. The Morgan fingerprint density at radius 2 is 1.32 bits per heavy atom. The van der Waals surface area contributed by atoms with Crippen LogP contribution in [0, 0.1) is 63.0 Å². The van der Waals surface area contributed by atoms with Crippen LogP contribution < -0.4 is 0 Å². The Bertz CT molecular complexity index is 365. The van der Waals surface area contributed by atoms with Crippen LogP contribution in [0.5, 0.6) is 0 Å². The Balaban J connectivity index is 0.000000344. The summed E-state index contributed by atoms with van der Waals surface area (Å²) in [6, 6.07) is 10.1. The molecule has 0 aromatic heterocycles. The molecule has 10 radical (unpaired) electrons. The first-order valence-electron chi connectivity index (χ1n) is 7.05. The van der Waals surface area contributed by atoms with Gasteiger partial charge in [-0.15, -0.1) is 11.8 Å². The van der Waals surface area contributed by atoms with Crippen LogP contribution in [-0.4, -0.2) is 11.2 Å². The second-order valence-corrected chi connectivity index (χ2v) is 5.99. The molecule has 0 bridgehead atoms.